The van der Waals surface area contributed by atoms with E-state index in [0.717, 1.165) is 11.1 Å². The zero-order valence-corrected chi connectivity index (χ0v) is 9.77. The van der Waals surface area contributed by atoms with Crippen LogP contribution in [0.2, 0.25) is 0 Å². The van der Waals surface area contributed by atoms with E-state index in [9.17, 15) is 4.79 Å². The highest BCUT2D eigenvalue weighted by Gasteiger charge is 2.08. The first-order valence-electron chi connectivity index (χ1n) is 5.27. The largest absolute Gasteiger partial charge is 0.445 e. The predicted octanol–water partition coefficient (Wildman–Crippen LogP) is 1.52. The Kier molecular flexibility index (Phi) is 4.79. The van der Waals surface area contributed by atoms with Crippen molar-refractivity contribution in [1.29, 1.82) is 0 Å². The summed E-state index contributed by atoms with van der Waals surface area (Å²) in [6.45, 7) is 3.25. The summed E-state index contributed by atoms with van der Waals surface area (Å²) in [6, 6.07) is 7.88. The van der Waals surface area contributed by atoms with Crippen LogP contribution in [0, 0.1) is 6.92 Å². The minimum atomic E-state index is -0.341. The van der Waals surface area contributed by atoms with Gasteiger partial charge in [-0.25, -0.2) is 4.79 Å². The smallest absolute Gasteiger partial charge is 0.409 e. The van der Waals surface area contributed by atoms with E-state index in [1.54, 1.807) is 7.05 Å². The molecule has 0 aliphatic carbocycles. The van der Waals surface area contributed by atoms with Crippen molar-refractivity contribution in [3.63, 3.8) is 0 Å². The highest BCUT2D eigenvalue weighted by molar-refractivity contribution is 5.67. The van der Waals surface area contributed by atoms with Crippen LogP contribution in [0.1, 0.15) is 11.1 Å². The Morgan fingerprint density at radius 2 is 2.25 bits per heavy atom. The third-order valence-corrected chi connectivity index (χ3v) is 2.22. The number of benzene rings is 1. The average molecular weight is 222 g/mol. The van der Waals surface area contributed by atoms with Gasteiger partial charge >= 0.3 is 6.09 Å². The highest BCUT2D eigenvalue weighted by Crippen LogP contribution is 2.06. The van der Waals surface area contributed by atoms with E-state index in [4.69, 9.17) is 10.5 Å². The molecule has 4 nitrogen and oxygen atoms in total. The summed E-state index contributed by atoms with van der Waals surface area (Å²) in [5.41, 5.74) is 7.50. The van der Waals surface area contributed by atoms with Gasteiger partial charge in [0.2, 0.25) is 0 Å². The fourth-order valence-electron chi connectivity index (χ4n) is 1.34. The molecule has 0 radical (unpaired) electrons. The van der Waals surface area contributed by atoms with Gasteiger partial charge in [0.05, 0.1) is 0 Å². The van der Waals surface area contributed by atoms with Crippen molar-refractivity contribution in [3.05, 3.63) is 35.4 Å². The number of nitrogens with zero attached hydrogens (tertiary/aromatic N) is 1. The maximum atomic E-state index is 11.4. The van der Waals surface area contributed by atoms with Gasteiger partial charge in [-0.05, 0) is 12.5 Å². The number of nitrogens with two attached hydrogens (primary N) is 1. The number of hydrogen-bond donors (Lipinski definition) is 1. The topological polar surface area (TPSA) is 55.6 Å². The van der Waals surface area contributed by atoms with Gasteiger partial charge < -0.3 is 15.4 Å². The second-order valence-electron chi connectivity index (χ2n) is 3.75. The Morgan fingerprint density at radius 3 is 2.88 bits per heavy atom. The van der Waals surface area contributed by atoms with Gasteiger partial charge in [0.15, 0.2) is 0 Å². The number of amides is 1. The number of likely N-dealkylation sites (N-methyl/N-ethyl adjacent to an activating group) is 1. The summed E-state index contributed by atoms with van der Waals surface area (Å²) in [4.78, 5) is 12.9. The van der Waals surface area contributed by atoms with E-state index in [1.165, 1.54) is 4.90 Å². The third kappa shape index (κ3) is 3.90. The van der Waals surface area contributed by atoms with E-state index in [1.807, 2.05) is 31.2 Å². The molecular weight excluding hydrogens is 204 g/mol. The maximum Gasteiger partial charge on any atom is 0.409 e. The van der Waals surface area contributed by atoms with Crippen molar-refractivity contribution < 1.29 is 9.53 Å². The molecule has 16 heavy (non-hydrogen) atoms. The number of carbonyl (C=O) groups is 1. The lowest BCUT2D eigenvalue weighted by Crippen LogP contribution is -2.32. The Labute approximate surface area is 96.0 Å². The van der Waals surface area contributed by atoms with Crippen LogP contribution in [-0.4, -0.2) is 31.1 Å². The first-order chi connectivity index (χ1) is 7.63. The highest BCUT2D eigenvalue weighted by atomic mass is 16.6. The van der Waals surface area contributed by atoms with Gasteiger partial charge in [-0.3, -0.25) is 0 Å². The summed E-state index contributed by atoms with van der Waals surface area (Å²) in [5, 5.41) is 0. The van der Waals surface area contributed by atoms with Crippen molar-refractivity contribution in [2.45, 2.75) is 13.5 Å². The van der Waals surface area contributed by atoms with Crippen molar-refractivity contribution in [3.8, 4) is 0 Å². The lowest BCUT2D eigenvalue weighted by molar-refractivity contribution is 0.105. The van der Waals surface area contributed by atoms with E-state index in [2.05, 4.69) is 0 Å². The molecule has 0 aliphatic rings. The Morgan fingerprint density at radius 1 is 1.50 bits per heavy atom. The molecule has 0 heterocycles. The molecular formula is C12H18N2O2. The van der Waals surface area contributed by atoms with E-state index in [0.29, 0.717) is 19.7 Å². The van der Waals surface area contributed by atoms with E-state index in [-0.39, 0.29) is 6.09 Å². The quantitative estimate of drug-likeness (QED) is 0.840. The second-order valence-corrected chi connectivity index (χ2v) is 3.75. The summed E-state index contributed by atoms with van der Waals surface area (Å²) in [6.07, 6.45) is -0.341. The zero-order valence-electron chi connectivity index (χ0n) is 9.77. The Hall–Kier alpha value is -1.55. The van der Waals surface area contributed by atoms with Crippen molar-refractivity contribution in [2.75, 3.05) is 20.1 Å². The van der Waals surface area contributed by atoms with Crippen LogP contribution < -0.4 is 5.73 Å². The van der Waals surface area contributed by atoms with Gasteiger partial charge in [-0.2, -0.15) is 0 Å². The summed E-state index contributed by atoms with van der Waals surface area (Å²) in [7, 11) is 1.67. The minimum absolute atomic E-state index is 0.301. The average Bonchev–Trinajstić information content (AvgIpc) is 2.26. The fraction of sp³-hybridized carbons (Fsp3) is 0.417. The molecule has 88 valence electrons. The predicted molar refractivity (Wildman–Crippen MR) is 63.0 cm³/mol. The lowest BCUT2D eigenvalue weighted by Gasteiger charge is -2.15. The Bertz CT molecular complexity index is 353. The van der Waals surface area contributed by atoms with E-state index < -0.39 is 0 Å². The van der Waals surface area contributed by atoms with Crippen LogP contribution in [0.3, 0.4) is 0 Å². The molecule has 0 fully saturated rings. The number of carbonyl (C=O) groups excluding carboxylic acids is 1. The number of hydrogen-bond acceptors (Lipinski definition) is 3. The third-order valence-electron chi connectivity index (χ3n) is 2.22. The molecule has 4 heteroatoms. The van der Waals surface area contributed by atoms with E-state index >= 15 is 0 Å². The van der Waals surface area contributed by atoms with Crippen molar-refractivity contribution >= 4 is 6.09 Å². The monoisotopic (exact) mass is 222 g/mol. The molecule has 0 saturated carbocycles. The minimum Gasteiger partial charge on any atom is -0.445 e. The molecule has 2 N–H and O–H groups in total. The molecule has 1 amide bonds. The van der Waals surface area contributed by atoms with Crippen LogP contribution in [0.25, 0.3) is 0 Å². The van der Waals surface area contributed by atoms with Crippen LogP contribution in [0.15, 0.2) is 24.3 Å². The zero-order chi connectivity index (χ0) is 12.0. The van der Waals surface area contributed by atoms with Gasteiger partial charge in [0, 0.05) is 20.1 Å². The molecule has 0 aromatic heterocycles. The van der Waals surface area contributed by atoms with Gasteiger partial charge in [0.1, 0.15) is 6.61 Å². The van der Waals surface area contributed by atoms with Crippen LogP contribution >= 0.6 is 0 Å². The molecule has 0 aliphatic heterocycles. The van der Waals surface area contributed by atoms with Crippen LogP contribution in [0.5, 0.6) is 0 Å². The van der Waals surface area contributed by atoms with Crippen LogP contribution in [-0.2, 0) is 11.3 Å². The fourth-order valence-corrected chi connectivity index (χ4v) is 1.34. The standard InChI is InChI=1S/C12H18N2O2/c1-10-4-3-5-11(8-10)9-16-12(15)14(2)7-6-13/h3-5,8H,6-7,9,13H2,1-2H3. The molecule has 1 aromatic rings. The molecule has 0 unspecified atom stereocenters. The van der Waals surface area contributed by atoms with Gasteiger partial charge in [-0.15, -0.1) is 0 Å². The number of aryl methyl sites for hydroxylation is 1. The number of rotatable bonds is 4. The summed E-state index contributed by atoms with van der Waals surface area (Å²) in [5.74, 6) is 0. The Balaban J connectivity index is 2.42. The molecule has 0 spiro atoms. The summed E-state index contributed by atoms with van der Waals surface area (Å²) < 4.78 is 5.13. The molecule has 0 bridgehead atoms. The summed E-state index contributed by atoms with van der Waals surface area (Å²) >= 11 is 0. The lowest BCUT2D eigenvalue weighted by atomic mass is 10.1. The second kappa shape index (κ2) is 6.12. The SMILES string of the molecule is Cc1cccc(COC(=O)N(C)CCN)c1. The normalized spacial score (nSPS) is 9.94. The van der Waals surface area contributed by atoms with Gasteiger partial charge in [0.25, 0.3) is 0 Å². The van der Waals surface area contributed by atoms with Crippen molar-refractivity contribution in [2.24, 2.45) is 5.73 Å². The molecule has 1 aromatic carbocycles. The van der Waals surface area contributed by atoms with Crippen LogP contribution in [0.4, 0.5) is 4.79 Å². The number of ether oxygens (including phenoxy) is 1. The molecule has 0 atom stereocenters. The van der Waals surface area contributed by atoms with Crippen molar-refractivity contribution in [1.82, 2.24) is 4.90 Å². The first-order valence-corrected chi connectivity index (χ1v) is 5.27. The molecule has 1 rings (SSSR count). The van der Waals surface area contributed by atoms with Gasteiger partial charge in [-0.1, -0.05) is 29.8 Å². The first kappa shape index (κ1) is 12.5. The molecule has 0 saturated heterocycles. The maximum absolute atomic E-state index is 11.4.